The van der Waals surface area contributed by atoms with Crippen molar-refractivity contribution in [1.82, 2.24) is 5.32 Å². The minimum atomic E-state index is -0.136. The number of hydrogen-bond acceptors (Lipinski definition) is 3. The molecular weight excluding hydrogens is 314 g/mol. The molecule has 18 heavy (non-hydrogen) atoms. The van der Waals surface area contributed by atoms with Gasteiger partial charge in [0.05, 0.1) is 16.1 Å². The SMILES string of the molecule is CC(NC(=O)/C=C/c1ccc(Br)s1)c1ccco1. The molecule has 0 radical (unpaired) electrons. The molecule has 2 aromatic rings. The summed E-state index contributed by atoms with van der Waals surface area (Å²) < 4.78 is 6.27. The summed E-state index contributed by atoms with van der Waals surface area (Å²) in [5.41, 5.74) is 0. The van der Waals surface area contributed by atoms with Gasteiger partial charge in [-0.25, -0.2) is 0 Å². The van der Waals surface area contributed by atoms with E-state index in [0.29, 0.717) is 0 Å². The molecule has 2 rings (SSSR count). The third-order valence-corrected chi connectivity index (χ3v) is 3.91. The van der Waals surface area contributed by atoms with Gasteiger partial charge < -0.3 is 9.73 Å². The Bertz CT molecular complexity index is 545. The highest BCUT2D eigenvalue weighted by Gasteiger charge is 2.09. The molecule has 0 bridgehead atoms. The fourth-order valence-corrected chi connectivity index (χ4v) is 2.77. The van der Waals surface area contributed by atoms with Gasteiger partial charge in [0, 0.05) is 11.0 Å². The molecule has 0 saturated carbocycles. The van der Waals surface area contributed by atoms with Crippen molar-refractivity contribution in [1.29, 1.82) is 0 Å². The fraction of sp³-hybridized carbons (Fsp3) is 0.154. The van der Waals surface area contributed by atoms with Crippen LogP contribution in [0.4, 0.5) is 0 Å². The molecule has 1 atom stereocenters. The topological polar surface area (TPSA) is 42.2 Å². The largest absolute Gasteiger partial charge is 0.467 e. The molecule has 2 heterocycles. The monoisotopic (exact) mass is 325 g/mol. The minimum Gasteiger partial charge on any atom is -0.467 e. The molecule has 0 fully saturated rings. The van der Waals surface area contributed by atoms with Crippen molar-refractivity contribution in [2.75, 3.05) is 0 Å². The number of nitrogens with one attached hydrogen (secondary N) is 1. The van der Waals surface area contributed by atoms with Crippen molar-refractivity contribution in [3.05, 3.63) is 51.0 Å². The van der Waals surface area contributed by atoms with E-state index < -0.39 is 0 Å². The van der Waals surface area contributed by atoms with Gasteiger partial charge in [0.25, 0.3) is 0 Å². The molecule has 0 aliphatic heterocycles. The molecule has 94 valence electrons. The summed E-state index contributed by atoms with van der Waals surface area (Å²) in [5.74, 6) is 0.610. The zero-order valence-electron chi connectivity index (χ0n) is 9.72. The van der Waals surface area contributed by atoms with E-state index >= 15 is 0 Å². The Morgan fingerprint density at radius 1 is 1.50 bits per heavy atom. The predicted molar refractivity (Wildman–Crippen MR) is 76.3 cm³/mol. The summed E-state index contributed by atoms with van der Waals surface area (Å²) >= 11 is 4.95. The maximum Gasteiger partial charge on any atom is 0.244 e. The summed E-state index contributed by atoms with van der Waals surface area (Å²) in [6.45, 7) is 1.88. The summed E-state index contributed by atoms with van der Waals surface area (Å²) in [6.07, 6.45) is 4.91. The summed E-state index contributed by atoms with van der Waals surface area (Å²) in [6, 6.07) is 7.41. The second-order valence-corrected chi connectivity index (χ2v) is 6.22. The molecule has 3 nitrogen and oxygen atoms in total. The molecule has 5 heteroatoms. The smallest absolute Gasteiger partial charge is 0.244 e. The maximum absolute atomic E-state index is 11.7. The van der Waals surface area contributed by atoms with Gasteiger partial charge in [-0.3, -0.25) is 4.79 Å². The van der Waals surface area contributed by atoms with Crippen molar-refractivity contribution in [2.45, 2.75) is 13.0 Å². The zero-order valence-corrected chi connectivity index (χ0v) is 12.1. The Hall–Kier alpha value is -1.33. The number of hydrogen-bond donors (Lipinski definition) is 1. The van der Waals surface area contributed by atoms with E-state index in [4.69, 9.17) is 4.42 Å². The van der Waals surface area contributed by atoms with Gasteiger partial charge in [-0.1, -0.05) is 0 Å². The lowest BCUT2D eigenvalue weighted by atomic mass is 10.2. The molecule has 1 N–H and O–H groups in total. The standard InChI is InChI=1S/C13H12BrNO2S/c1-9(11-3-2-8-17-11)15-13(16)7-5-10-4-6-12(14)18-10/h2-9H,1H3,(H,15,16)/b7-5+. The molecule has 0 saturated heterocycles. The number of thiophene rings is 1. The van der Waals surface area contributed by atoms with Crippen LogP contribution in [-0.2, 0) is 4.79 Å². The predicted octanol–water partition coefficient (Wildman–Crippen LogP) is 3.99. The average Bonchev–Trinajstić information content (AvgIpc) is 2.97. The first-order valence-corrected chi connectivity index (χ1v) is 7.03. The fourth-order valence-electron chi connectivity index (χ4n) is 1.45. The molecule has 1 unspecified atom stereocenters. The minimum absolute atomic E-state index is 0.132. The van der Waals surface area contributed by atoms with Crippen LogP contribution in [-0.4, -0.2) is 5.91 Å². The Kier molecular flexibility index (Phi) is 4.38. The molecular formula is C13H12BrNO2S. The van der Waals surface area contributed by atoms with E-state index in [-0.39, 0.29) is 11.9 Å². The lowest BCUT2D eigenvalue weighted by molar-refractivity contribution is -0.117. The van der Waals surface area contributed by atoms with Gasteiger partial charge in [-0.15, -0.1) is 11.3 Å². The maximum atomic E-state index is 11.7. The Morgan fingerprint density at radius 3 is 2.94 bits per heavy atom. The van der Waals surface area contributed by atoms with Crippen molar-refractivity contribution < 1.29 is 9.21 Å². The van der Waals surface area contributed by atoms with E-state index in [1.807, 2.05) is 25.1 Å². The van der Waals surface area contributed by atoms with Gasteiger partial charge in [0.2, 0.25) is 5.91 Å². The van der Waals surface area contributed by atoms with Crippen LogP contribution in [0, 0.1) is 0 Å². The second-order valence-electron chi connectivity index (χ2n) is 3.72. The van der Waals surface area contributed by atoms with Gasteiger partial charge in [0.15, 0.2) is 0 Å². The lowest BCUT2D eigenvalue weighted by Crippen LogP contribution is -2.24. The van der Waals surface area contributed by atoms with Gasteiger partial charge in [-0.2, -0.15) is 0 Å². The Labute approximate surface area is 118 Å². The van der Waals surface area contributed by atoms with Crippen LogP contribution in [0.25, 0.3) is 6.08 Å². The van der Waals surface area contributed by atoms with E-state index in [1.165, 1.54) is 6.08 Å². The molecule has 2 aromatic heterocycles. The number of amides is 1. The molecule has 0 spiro atoms. The van der Waals surface area contributed by atoms with E-state index in [2.05, 4.69) is 21.2 Å². The number of halogens is 1. The third-order valence-electron chi connectivity index (χ3n) is 2.32. The van der Waals surface area contributed by atoms with E-state index in [1.54, 1.807) is 29.7 Å². The van der Waals surface area contributed by atoms with Gasteiger partial charge >= 0.3 is 0 Å². The summed E-state index contributed by atoms with van der Waals surface area (Å²) in [4.78, 5) is 12.7. The summed E-state index contributed by atoms with van der Waals surface area (Å²) in [7, 11) is 0. The Balaban J connectivity index is 1.91. The van der Waals surface area contributed by atoms with Crippen LogP contribution in [0.2, 0.25) is 0 Å². The van der Waals surface area contributed by atoms with Crippen molar-refractivity contribution in [2.24, 2.45) is 0 Å². The Morgan fingerprint density at radius 2 is 2.33 bits per heavy atom. The quantitative estimate of drug-likeness (QED) is 0.863. The van der Waals surface area contributed by atoms with Crippen LogP contribution in [0.3, 0.4) is 0 Å². The van der Waals surface area contributed by atoms with Gasteiger partial charge in [-0.05, 0) is 53.2 Å². The van der Waals surface area contributed by atoms with Crippen molar-refractivity contribution >= 4 is 39.2 Å². The van der Waals surface area contributed by atoms with Crippen LogP contribution in [0.5, 0.6) is 0 Å². The highest BCUT2D eigenvalue weighted by Crippen LogP contribution is 2.23. The molecule has 0 aromatic carbocycles. The first-order chi connectivity index (χ1) is 8.65. The number of carbonyl (C=O) groups excluding carboxylic acids is 1. The van der Waals surface area contributed by atoms with Crippen LogP contribution >= 0.6 is 27.3 Å². The molecule has 1 amide bonds. The first-order valence-electron chi connectivity index (χ1n) is 5.42. The van der Waals surface area contributed by atoms with E-state index in [0.717, 1.165) is 14.4 Å². The summed E-state index contributed by atoms with van der Waals surface area (Å²) in [5, 5.41) is 2.83. The van der Waals surface area contributed by atoms with E-state index in [9.17, 15) is 4.79 Å². The van der Waals surface area contributed by atoms with Gasteiger partial charge in [0.1, 0.15) is 5.76 Å². The molecule has 0 aliphatic rings. The number of carbonyl (C=O) groups is 1. The zero-order chi connectivity index (χ0) is 13.0. The highest BCUT2D eigenvalue weighted by atomic mass is 79.9. The van der Waals surface area contributed by atoms with Crippen molar-refractivity contribution in [3.63, 3.8) is 0 Å². The number of furan rings is 1. The van der Waals surface area contributed by atoms with Crippen LogP contribution in [0.1, 0.15) is 23.6 Å². The van der Waals surface area contributed by atoms with Crippen LogP contribution < -0.4 is 5.32 Å². The normalized spacial score (nSPS) is 12.8. The second kappa shape index (κ2) is 6.02. The first kappa shape index (κ1) is 13.1. The lowest BCUT2D eigenvalue weighted by Gasteiger charge is -2.08. The third kappa shape index (κ3) is 3.58. The van der Waals surface area contributed by atoms with Crippen LogP contribution in [0.15, 0.2) is 44.8 Å². The molecule has 0 aliphatic carbocycles. The van der Waals surface area contributed by atoms with Crippen molar-refractivity contribution in [3.8, 4) is 0 Å². The highest BCUT2D eigenvalue weighted by molar-refractivity contribution is 9.11. The number of rotatable bonds is 4. The average molecular weight is 326 g/mol.